The minimum Gasteiger partial charge on any atom is -0.368 e. The molecule has 1 aliphatic rings. The number of rotatable bonds is 8. The van der Waals surface area contributed by atoms with Crippen molar-refractivity contribution in [2.75, 3.05) is 36.0 Å². The molecule has 134 valence electrons. The Hall–Kier alpha value is -2.10. The number of benzene rings is 1. The topological polar surface area (TPSA) is 32.3 Å². The Labute approximate surface area is 151 Å². The Morgan fingerprint density at radius 1 is 0.800 bits per heavy atom. The van der Waals surface area contributed by atoms with Gasteiger partial charge in [0.25, 0.3) is 0 Å². The van der Waals surface area contributed by atoms with Crippen molar-refractivity contribution in [3.05, 3.63) is 48.3 Å². The summed E-state index contributed by atoms with van der Waals surface area (Å²) in [6.07, 6.45) is 11.6. The number of piperazine rings is 1. The molecule has 0 unspecified atom stereocenters. The van der Waals surface area contributed by atoms with Crippen LogP contribution < -0.4 is 9.80 Å². The highest BCUT2D eigenvalue weighted by Crippen LogP contribution is 2.20. The number of aryl methyl sites for hydroxylation is 1. The van der Waals surface area contributed by atoms with E-state index in [1.807, 2.05) is 18.5 Å². The predicted molar refractivity (Wildman–Crippen MR) is 105 cm³/mol. The summed E-state index contributed by atoms with van der Waals surface area (Å²) in [5.41, 5.74) is 2.81. The van der Waals surface area contributed by atoms with Crippen LogP contribution in [0.2, 0.25) is 0 Å². The Bertz CT molecular complexity index is 604. The zero-order valence-corrected chi connectivity index (χ0v) is 15.4. The van der Waals surface area contributed by atoms with Crippen molar-refractivity contribution in [1.29, 1.82) is 0 Å². The standard InChI is InChI=1S/C21H30N4/c1-2-3-4-5-6-8-19-9-11-20(12-10-19)24-15-17-25(18-16-24)21-22-13-7-14-23-21/h7,9-14H,2-6,8,15-18H2,1H3. The van der Waals surface area contributed by atoms with Crippen LogP contribution >= 0.6 is 0 Å². The van der Waals surface area contributed by atoms with Crippen molar-refractivity contribution in [3.63, 3.8) is 0 Å². The van der Waals surface area contributed by atoms with Gasteiger partial charge in [0.05, 0.1) is 0 Å². The van der Waals surface area contributed by atoms with Crippen LogP contribution in [0, 0.1) is 0 Å². The second-order valence-corrected chi connectivity index (χ2v) is 6.85. The highest BCUT2D eigenvalue weighted by atomic mass is 15.3. The molecule has 2 heterocycles. The van der Waals surface area contributed by atoms with Gasteiger partial charge in [0, 0.05) is 44.3 Å². The zero-order valence-electron chi connectivity index (χ0n) is 15.4. The molecular formula is C21H30N4. The van der Waals surface area contributed by atoms with Crippen LogP contribution in [0.3, 0.4) is 0 Å². The molecule has 0 amide bonds. The fourth-order valence-electron chi connectivity index (χ4n) is 3.43. The van der Waals surface area contributed by atoms with Crippen molar-refractivity contribution in [3.8, 4) is 0 Å². The van der Waals surface area contributed by atoms with Crippen LogP contribution in [-0.2, 0) is 6.42 Å². The molecule has 1 aliphatic heterocycles. The van der Waals surface area contributed by atoms with Crippen molar-refractivity contribution >= 4 is 11.6 Å². The SMILES string of the molecule is CCCCCCCc1ccc(N2CCN(c3ncccn3)CC2)cc1. The summed E-state index contributed by atoms with van der Waals surface area (Å²) in [5.74, 6) is 0.848. The van der Waals surface area contributed by atoms with E-state index in [0.717, 1.165) is 32.1 Å². The highest BCUT2D eigenvalue weighted by molar-refractivity contribution is 5.49. The molecule has 4 nitrogen and oxygen atoms in total. The monoisotopic (exact) mass is 338 g/mol. The largest absolute Gasteiger partial charge is 0.368 e. The average molecular weight is 338 g/mol. The van der Waals surface area contributed by atoms with Crippen LogP contribution in [0.25, 0.3) is 0 Å². The van der Waals surface area contributed by atoms with Crippen molar-refractivity contribution in [2.45, 2.75) is 45.4 Å². The van der Waals surface area contributed by atoms with E-state index in [2.05, 4.69) is 51.0 Å². The first-order valence-corrected chi connectivity index (χ1v) is 9.72. The van der Waals surface area contributed by atoms with Gasteiger partial charge in [0.2, 0.25) is 5.95 Å². The summed E-state index contributed by atoms with van der Waals surface area (Å²) >= 11 is 0. The molecule has 0 N–H and O–H groups in total. The molecular weight excluding hydrogens is 308 g/mol. The molecule has 1 saturated heterocycles. The summed E-state index contributed by atoms with van der Waals surface area (Å²) in [7, 11) is 0. The maximum atomic E-state index is 4.36. The van der Waals surface area contributed by atoms with Crippen LogP contribution in [0.5, 0.6) is 0 Å². The lowest BCUT2D eigenvalue weighted by Crippen LogP contribution is -2.47. The molecule has 0 radical (unpaired) electrons. The first-order chi connectivity index (χ1) is 12.4. The third-order valence-corrected chi connectivity index (χ3v) is 4.99. The first-order valence-electron chi connectivity index (χ1n) is 9.72. The predicted octanol–water partition coefficient (Wildman–Crippen LogP) is 4.32. The molecule has 1 aromatic carbocycles. The summed E-state index contributed by atoms with van der Waals surface area (Å²) in [6.45, 7) is 6.26. The highest BCUT2D eigenvalue weighted by Gasteiger charge is 2.18. The third kappa shape index (κ3) is 5.18. The third-order valence-electron chi connectivity index (χ3n) is 4.99. The van der Waals surface area contributed by atoms with E-state index in [0.29, 0.717) is 0 Å². The number of hydrogen-bond donors (Lipinski definition) is 0. The lowest BCUT2D eigenvalue weighted by molar-refractivity contribution is 0.631. The van der Waals surface area contributed by atoms with E-state index in [4.69, 9.17) is 0 Å². The Kier molecular flexibility index (Phi) is 6.66. The van der Waals surface area contributed by atoms with Crippen LogP contribution in [0.4, 0.5) is 11.6 Å². The fraction of sp³-hybridized carbons (Fsp3) is 0.524. The lowest BCUT2D eigenvalue weighted by atomic mass is 10.0. The van der Waals surface area contributed by atoms with Crippen LogP contribution in [-0.4, -0.2) is 36.1 Å². The zero-order chi connectivity index (χ0) is 17.3. The fourth-order valence-corrected chi connectivity index (χ4v) is 3.43. The maximum absolute atomic E-state index is 4.36. The minimum absolute atomic E-state index is 0.848. The molecule has 0 aliphatic carbocycles. The van der Waals surface area contributed by atoms with Gasteiger partial charge in [-0.25, -0.2) is 9.97 Å². The van der Waals surface area contributed by atoms with E-state index >= 15 is 0 Å². The summed E-state index contributed by atoms with van der Waals surface area (Å²) in [5, 5.41) is 0. The molecule has 1 fully saturated rings. The molecule has 2 aromatic rings. The van der Waals surface area contributed by atoms with Crippen molar-refractivity contribution in [2.24, 2.45) is 0 Å². The van der Waals surface area contributed by atoms with Crippen LogP contribution in [0.15, 0.2) is 42.7 Å². The number of nitrogens with zero attached hydrogens (tertiary/aromatic N) is 4. The molecule has 0 atom stereocenters. The number of anilines is 2. The van der Waals surface area contributed by atoms with Gasteiger partial charge in [0.15, 0.2) is 0 Å². The second-order valence-electron chi connectivity index (χ2n) is 6.85. The van der Waals surface area contributed by atoms with Gasteiger partial charge in [-0.2, -0.15) is 0 Å². The van der Waals surface area contributed by atoms with E-state index < -0.39 is 0 Å². The maximum Gasteiger partial charge on any atom is 0.225 e. The Morgan fingerprint density at radius 3 is 2.12 bits per heavy atom. The van der Waals surface area contributed by atoms with Gasteiger partial charge in [0.1, 0.15) is 0 Å². The second kappa shape index (κ2) is 9.40. The molecule has 0 bridgehead atoms. The van der Waals surface area contributed by atoms with Gasteiger partial charge >= 0.3 is 0 Å². The molecule has 0 saturated carbocycles. The normalized spacial score (nSPS) is 14.8. The lowest BCUT2D eigenvalue weighted by Gasteiger charge is -2.36. The van der Waals surface area contributed by atoms with Gasteiger partial charge in [-0.05, 0) is 36.6 Å². The average Bonchev–Trinajstić information content (AvgIpc) is 2.69. The summed E-state index contributed by atoms with van der Waals surface area (Å²) in [6, 6.07) is 11.1. The number of hydrogen-bond acceptors (Lipinski definition) is 4. The molecule has 1 aromatic heterocycles. The van der Waals surface area contributed by atoms with E-state index in [1.165, 1.54) is 49.8 Å². The number of unbranched alkanes of at least 4 members (excludes halogenated alkanes) is 4. The molecule has 3 rings (SSSR count). The van der Waals surface area contributed by atoms with Gasteiger partial charge < -0.3 is 9.80 Å². The Morgan fingerprint density at radius 2 is 1.44 bits per heavy atom. The van der Waals surface area contributed by atoms with E-state index in [-0.39, 0.29) is 0 Å². The molecule has 0 spiro atoms. The van der Waals surface area contributed by atoms with E-state index in [9.17, 15) is 0 Å². The van der Waals surface area contributed by atoms with Gasteiger partial charge in [-0.3, -0.25) is 0 Å². The van der Waals surface area contributed by atoms with Crippen molar-refractivity contribution in [1.82, 2.24) is 9.97 Å². The molecule has 4 heteroatoms. The molecule has 25 heavy (non-hydrogen) atoms. The summed E-state index contributed by atoms with van der Waals surface area (Å²) in [4.78, 5) is 13.4. The first kappa shape index (κ1) is 17.7. The minimum atomic E-state index is 0.848. The Balaban J connectivity index is 1.45. The van der Waals surface area contributed by atoms with Crippen LogP contribution in [0.1, 0.15) is 44.6 Å². The van der Waals surface area contributed by atoms with Crippen molar-refractivity contribution < 1.29 is 0 Å². The summed E-state index contributed by atoms with van der Waals surface area (Å²) < 4.78 is 0. The smallest absolute Gasteiger partial charge is 0.225 e. The van der Waals surface area contributed by atoms with E-state index in [1.54, 1.807) is 0 Å². The number of aromatic nitrogens is 2. The van der Waals surface area contributed by atoms with Gasteiger partial charge in [-0.15, -0.1) is 0 Å². The quantitative estimate of drug-likeness (QED) is 0.671. The van der Waals surface area contributed by atoms with Gasteiger partial charge in [-0.1, -0.05) is 44.7 Å².